The molecule has 0 bridgehead atoms. The van der Waals surface area contributed by atoms with Crippen molar-refractivity contribution in [2.45, 2.75) is 25.8 Å². The number of hydrogen-bond acceptors (Lipinski definition) is 5. The largest absolute Gasteiger partial charge is 0.356 e. The van der Waals surface area contributed by atoms with Crippen molar-refractivity contribution in [1.29, 1.82) is 0 Å². The first-order valence-corrected chi connectivity index (χ1v) is 8.42. The summed E-state index contributed by atoms with van der Waals surface area (Å²) < 4.78 is 2.34. The molecule has 0 N–H and O–H groups in total. The molecule has 0 amide bonds. The maximum Gasteiger partial charge on any atom is 0.287 e. The van der Waals surface area contributed by atoms with Gasteiger partial charge < -0.3 is 9.47 Å². The van der Waals surface area contributed by atoms with E-state index in [9.17, 15) is 10.1 Å². The van der Waals surface area contributed by atoms with Crippen LogP contribution in [0.1, 0.15) is 24.7 Å². The Morgan fingerprint density at radius 2 is 1.92 bits per heavy atom. The lowest BCUT2D eigenvalue weighted by Crippen LogP contribution is -2.35. The average molecular weight is 337 g/mol. The first kappa shape index (κ1) is 15.6. The quantitative estimate of drug-likeness (QED) is 0.540. The minimum atomic E-state index is -0.421. The van der Waals surface area contributed by atoms with Crippen molar-refractivity contribution in [1.82, 2.24) is 14.5 Å². The molecule has 3 aromatic rings. The fourth-order valence-corrected chi connectivity index (χ4v) is 3.65. The van der Waals surface area contributed by atoms with Crippen LogP contribution in [0.4, 0.5) is 11.5 Å². The maximum atomic E-state index is 10.7. The highest BCUT2D eigenvalue weighted by Crippen LogP contribution is 2.30. The van der Waals surface area contributed by atoms with Gasteiger partial charge in [0.1, 0.15) is 17.8 Å². The Labute approximate surface area is 145 Å². The van der Waals surface area contributed by atoms with Gasteiger partial charge in [0, 0.05) is 25.2 Å². The highest BCUT2D eigenvalue weighted by atomic mass is 16.6. The van der Waals surface area contributed by atoms with Crippen LogP contribution < -0.4 is 4.90 Å². The zero-order chi connectivity index (χ0) is 17.4. The van der Waals surface area contributed by atoms with E-state index in [-0.39, 0.29) is 5.69 Å². The van der Waals surface area contributed by atoms with E-state index in [1.165, 1.54) is 17.8 Å². The van der Waals surface area contributed by atoms with Crippen LogP contribution in [0, 0.1) is 17.0 Å². The van der Waals surface area contributed by atoms with Crippen LogP contribution in [0.5, 0.6) is 0 Å². The van der Waals surface area contributed by atoms with Crippen molar-refractivity contribution < 1.29 is 4.92 Å². The number of fused-ring (bicyclic) bond motifs is 1. The van der Waals surface area contributed by atoms with Crippen LogP contribution in [0.25, 0.3) is 11.0 Å². The summed E-state index contributed by atoms with van der Waals surface area (Å²) in [7, 11) is 0. The highest BCUT2D eigenvalue weighted by Gasteiger charge is 2.24. The summed E-state index contributed by atoms with van der Waals surface area (Å²) in [4.78, 5) is 21.4. The number of anilines is 1. The van der Waals surface area contributed by atoms with E-state index in [0.29, 0.717) is 6.04 Å². The van der Waals surface area contributed by atoms with Gasteiger partial charge in [0.15, 0.2) is 0 Å². The van der Waals surface area contributed by atoms with Gasteiger partial charge in [-0.3, -0.25) is 10.1 Å². The molecule has 1 aromatic carbocycles. The summed E-state index contributed by atoms with van der Waals surface area (Å²) in [6.45, 7) is 3.81. The molecule has 0 spiro atoms. The number of benzene rings is 1. The number of hydrogen-bond donors (Lipinski definition) is 0. The number of nitrogens with zero attached hydrogens (tertiary/aromatic N) is 5. The molecule has 4 rings (SSSR count). The SMILES string of the molecule is Cc1nc2ccccc2n1C1CCN(c2ccc([N+](=O)[O-])cn2)CC1. The second-order valence-corrected chi connectivity index (χ2v) is 6.37. The third-order valence-corrected chi connectivity index (χ3v) is 4.87. The predicted molar refractivity (Wildman–Crippen MR) is 95.8 cm³/mol. The van der Waals surface area contributed by atoms with Gasteiger partial charge in [-0.1, -0.05) is 12.1 Å². The number of nitro groups is 1. The Kier molecular flexibility index (Phi) is 3.83. The Bertz CT molecular complexity index is 911. The van der Waals surface area contributed by atoms with Gasteiger partial charge in [0.25, 0.3) is 5.69 Å². The van der Waals surface area contributed by atoms with Crippen LogP contribution in [-0.2, 0) is 0 Å². The van der Waals surface area contributed by atoms with Crippen molar-refractivity contribution >= 4 is 22.5 Å². The first-order valence-electron chi connectivity index (χ1n) is 8.42. The lowest BCUT2D eigenvalue weighted by atomic mass is 10.0. The summed E-state index contributed by atoms with van der Waals surface area (Å²) in [5.41, 5.74) is 2.26. The first-order chi connectivity index (χ1) is 12.1. The minimum absolute atomic E-state index is 0.0270. The molecule has 7 nitrogen and oxygen atoms in total. The Morgan fingerprint density at radius 3 is 2.60 bits per heavy atom. The van der Waals surface area contributed by atoms with Gasteiger partial charge in [-0.05, 0) is 38.0 Å². The van der Waals surface area contributed by atoms with Crippen LogP contribution in [0.3, 0.4) is 0 Å². The van der Waals surface area contributed by atoms with E-state index in [4.69, 9.17) is 0 Å². The molecule has 7 heteroatoms. The molecule has 0 saturated carbocycles. The number of pyridine rings is 1. The van der Waals surface area contributed by atoms with E-state index < -0.39 is 4.92 Å². The van der Waals surface area contributed by atoms with Crippen LogP contribution in [0.2, 0.25) is 0 Å². The zero-order valence-electron chi connectivity index (χ0n) is 14.0. The molecule has 2 aromatic heterocycles. The number of rotatable bonds is 3. The Morgan fingerprint density at radius 1 is 1.16 bits per heavy atom. The van der Waals surface area contributed by atoms with E-state index in [1.807, 2.05) is 6.07 Å². The molecule has 3 heterocycles. The smallest absolute Gasteiger partial charge is 0.287 e. The molecule has 0 atom stereocenters. The van der Waals surface area contributed by atoms with Gasteiger partial charge in [0.2, 0.25) is 0 Å². The van der Waals surface area contributed by atoms with Gasteiger partial charge in [0.05, 0.1) is 16.0 Å². The van der Waals surface area contributed by atoms with Crippen LogP contribution in [-0.4, -0.2) is 32.5 Å². The van der Waals surface area contributed by atoms with Crippen molar-refractivity contribution in [3.63, 3.8) is 0 Å². The van der Waals surface area contributed by atoms with Gasteiger partial charge in [-0.15, -0.1) is 0 Å². The highest BCUT2D eigenvalue weighted by molar-refractivity contribution is 5.76. The zero-order valence-corrected chi connectivity index (χ0v) is 14.0. The van der Waals surface area contributed by atoms with E-state index in [0.717, 1.165) is 43.1 Å². The van der Waals surface area contributed by atoms with Crippen LogP contribution >= 0.6 is 0 Å². The molecule has 1 saturated heterocycles. The molecular formula is C18H19N5O2. The van der Waals surface area contributed by atoms with Gasteiger partial charge in [-0.2, -0.15) is 0 Å². The number of imidazole rings is 1. The fraction of sp³-hybridized carbons (Fsp3) is 0.333. The normalized spacial score (nSPS) is 15.6. The number of piperidine rings is 1. The van der Waals surface area contributed by atoms with Crippen molar-refractivity contribution in [3.05, 3.63) is 58.5 Å². The van der Waals surface area contributed by atoms with Gasteiger partial charge >= 0.3 is 0 Å². The molecule has 1 aliphatic rings. The monoisotopic (exact) mass is 337 g/mol. The summed E-state index contributed by atoms with van der Waals surface area (Å²) in [5, 5.41) is 10.7. The summed E-state index contributed by atoms with van der Waals surface area (Å²) in [6.07, 6.45) is 3.33. The molecule has 25 heavy (non-hydrogen) atoms. The van der Waals surface area contributed by atoms with Crippen molar-refractivity contribution in [3.8, 4) is 0 Å². The lowest BCUT2D eigenvalue weighted by molar-refractivity contribution is -0.385. The number of aryl methyl sites for hydroxylation is 1. The molecule has 0 aliphatic carbocycles. The fourth-order valence-electron chi connectivity index (χ4n) is 3.65. The van der Waals surface area contributed by atoms with Crippen LogP contribution in [0.15, 0.2) is 42.6 Å². The maximum absolute atomic E-state index is 10.7. The second-order valence-electron chi connectivity index (χ2n) is 6.37. The minimum Gasteiger partial charge on any atom is -0.356 e. The van der Waals surface area contributed by atoms with E-state index in [1.54, 1.807) is 6.07 Å². The van der Waals surface area contributed by atoms with Crippen molar-refractivity contribution in [2.24, 2.45) is 0 Å². The third-order valence-electron chi connectivity index (χ3n) is 4.87. The summed E-state index contributed by atoms with van der Waals surface area (Å²) >= 11 is 0. The average Bonchev–Trinajstić information content (AvgIpc) is 2.97. The topological polar surface area (TPSA) is 77.1 Å². The Hall–Kier alpha value is -2.96. The lowest BCUT2D eigenvalue weighted by Gasteiger charge is -2.34. The molecule has 1 aliphatic heterocycles. The molecule has 128 valence electrons. The molecular weight excluding hydrogens is 318 g/mol. The molecule has 1 fully saturated rings. The number of aromatic nitrogens is 3. The summed E-state index contributed by atoms with van der Waals surface area (Å²) in [5.74, 6) is 1.85. The Balaban J connectivity index is 1.51. The standard InChI is InChI=1S/C18H19N5O2/c1-13-20-16-4-2-3-5-17(16)22(13)14-8-10-21(11-9-14)18-7-6-15(12-19-18)23(24)25/h2-7,12,14H,8-11H2,1H3. The third kappa shape index (κ3) is 2.82. The molecule has 0 unspecified atom stereocenters. The van der Waals surface area contributed by atoms with E-state index in [2.05, 4.69) is 44.6 Å². The van der Waals surface area contributed by atoms with E-state index >= 15 is 0 Å². The summed E-state index contributed by atoms with van der Waals surface area (Å²) in [6, 6.07) is 11.9. The molecule has 0 radical (unpaired) electrons. The van der Waals surface area contributed by atoms with Gasteiger partial charge in [-0.25, -0.2) is 9.97 Å². The van der Waals surface area contributed by atoms with Crippen molar-refractivity contribution in [2.75, 3.05) is 18.0 Å². The predicted octanol–water partition coefficient (Wildman–Crippen LogP) is 3.49. The second kappa shape index (κ2) is 6.16. The number of para-hydroxylation sites is 2.